The van der Waals surface area contributed by atoms with Crippen molar-refractivity contribution in [3.63, 3.8) is 0 Å². The number of sulfonamides is 1. The highest BCUT2D eigenvalue weighted by atomic mass is 32.2. The summed E-state index contributed by atoms with van der Waals surface area (Å²) in [6, 6.07) is 0. The molecule has 22 heavy (non-hydrogen) atoms. The maximum atomic E-state index is 12.4. The molecule has 0 N–H and O–H groups in total. The van der Waals surface area contributed by atoms with E-state index in [-0.39, 0.29) is 11.2 Å². The summed E-state index contributed by atoms with van der Waals surface area (Å²) in [5.74, 6) is 1.64. The van der Waals surface area contributed by atoms with E-state index >= 15 is 0 Å². The van der Waals surface area contributed by atoms with Crippen LogP contribution in [0.3, 0.4) is 0 Å². The molecule has 2 saturated heterocycles. The van der Waals surface area contributed by atoms with Crippen molar-refractivity contribution in [2.24, 2.45) is 17.3 Å². The van der Waals surface area contributed by atoms with Crippen molar-refractivity contribution < 1.29 is 13.2 Å². The fourth-order valence-corrected chi connectivity index (χ4v) is 5.92. The molecular formula is C16H30N2O3S. The average Bonchev–Trinajstić information content (AvgIpc) is 3.05. The molecule has 0 amide bonds. The van der Waals surface area contributed by atoms with E-state index in [9.17, 15) is 8.42 Å². The lowest BCUT2D eigenvalue weighted by Gasteiger charge is -2.30. The SMILES string of the molecule is CCCS(=O)(=O)N1CC[C@]2(CN(CC3CC3)C[C@H]2COC)C1. The molecule has 2 atom stereocenters. The minimum atomic E-state index is -3.07. The zero-order chi connectivity index (χ0) is 15.8. The zero-order valence-corrected chi connectivity index (χ0v) is 14.8. The van der Waals surface area contributed by atoms with Gasteiger partial charge >= 0.3 is 0 Å². The molecule has 2 heterocycles. The molecule has 3 fully saturated rings. The summed E-state index contributed by atoms with van der Waals surface area (Å²) >= 11 is 0. The third kappa shape index (κ3) is 3.35. The minimum absolute atomic E-state index is 0.117. The summed E-state index contributed by atoms with van der Waals surface area (Å²) in [7, 11) is -1.30. The van der Waals surface area contributed by atoms with Crippen LogP contribution >= 0.6 is 0 Å². The van der Waals surface area contributed by atoms with Crippen LogP contribution < -0.4 is 0 Å². The molecule has 2 aliphatic heterocycles. The highest BCUT2D eigenvalue weighted by molar-refractivity contribution is 7.89. The first-order chi connectivity index (χ1) is 10.5. The largest absolute Gasteiger partial charge is 0.384 e. The van der Waals surface area contributed by atoms with Gasteiger partial charge in [-0.05, 0) is 31.6 Å². The van der Waals surface area contributed by atoms with E-state index < -0.39 is 10.0 Å². The Morgan fingerprint density at radius 3 is 2.68 bits per heavy atom. The van der Waals surface area contributed by atoms with E-state index in [1.54, 1.807) is 11.4 Å². The van der Waals surface area contributed by atoms with Gasteiger partial charge in [-0.3, -0.25) is 0 Å². The van der Waals surface area contributed by atoms with Gasteiger partial charge in [0.15, 0.2) is 0 Å². The van der Waals surface area contributed by atoms with E-state index in [2.05, 4.69) is 4.90 Å². The molecule has 0 unspecified atom stereocenters. The summed E-state index contributed by atoms with van der Waals surface area (Å²) in [6.45, 7) is 7.41. The molecule has 0 radical (unpaired) electrons. The van der Waals surface area contributed by atoms with E-state index in [0.29, 0.717) is 25.4 Å². The first-order valence-electron chi connectivity index (χ1n) is 8.68. The second-order valence-corrected chi connectivity index (χ2v) is 9.64. The predicted octanol–water partition coefficient (Wildman–Crippen LogP) is 1.41. The summed E-state index contributed by atoms with van der Waals surface area (Å²) < 4.78 is 32.0. The van der Waals surface area contributed by atoms with E-state index in [4.69, 9.17) is 4.74 Å². The third-order valence-electron chi connectivity index (χ3n) is 5.67. The molecule has 6 heteroatoms. The molecule has 1 saturated carbocycles. The molecule has 0 aromatic rings. The molecule has 0 aromatic heterocycles. The van der Waals surface area contributed by atoms with Crippen LogP contribution in [0.4, 0.5) is 0 Å². The first-order valence-corrected chi connectivity index (χ1v) is 10.3. The second kappa shape index (κ2) is 6.38. The summed E-state index contributed by atoms with van der Waals surface area (Å²) in [4.78, 5) is 2.57. The lowest BCUT2D eigenvalue weighted by Crippen LogP contribution is -2.38. The standard InChI is InChI=1S/C16H30N2O3S/c1-3-8-22(19,20)18-7-6-16(13-18)12-17(9-14-4-5-14)10-15(16)11-21-2/h14-15H,3-13H2,1-2H3/t15-,16-/m0/s1. The van der Waals surface area contributed by atoms with Gasteiger partial charge in [-0.1, -0.05) is 6.92 Å². The van der Waals surface area contributed by atoms with Gasteiger partial charge in [0, 0.05) is 51.2 Å². The smallest absolute Gasteiger partial charge is 0.214 e. The number of likely N-dealkylation sites (tertiary alicyclic amines) is 1. The molecule has 3 rings (SSSR count). The van der Waals surface area contributed by atoms with Crippen molar-refractivity contribution in [1.29, 1.82) is 0 Å². The van der Waals surface area contributed by atoms with Gasteiger partial charge in [-0.25, -0.2) is 12.7 Å². The number of ether oxygens (including phenoxy) is 1. The van der Waals surface area contributed by atoms with E-state index in [0.717, 1.165) is 32.0 Å². The molecular weight excluding hydrogens is 300 g/mol. The Bertz CT molecular complexity index is 492. The second-order valence-electron chi connectivity index (χ2n) is 7.55. The van der Waals surface area contributed by atoms with Crippen LogP contribution in [-0.2, 0) is 14.8 Å². The van der Waals surface area contributed by atoms with Gasteiger partial charge in [0.1, 0.15) is 0 Å². The van der Waals surface area contributed by atoms with Crippen molar-refractivity contribution in [3.8, 4) is 0 Å². The van der Waals surface area contributed by atoms with Crippen molar-refractivity contribution >= 4 is 10.0 Å². The first kappa shape index (κ1) is 16.7. The van der Waals surface area contributed by atoms with E-state index in [1.165, 1.54) is 19.4 Å². The third-order valence-corrected chi connectivity index (χ3v) is 7.69. The van der Waals surface area contributed by atoms with Crippen molar-refractivity contribution in [1.82, 2.24) is 9.21 Å². The van der Waals surface area contributed by atoms with Gasteiger partial charge in [-0.15, -0.1) is 0 Å². The Morgan fingerprint density at radius 1 is 1.27 bits per heavy atom. The Labute approximate surface area is 135 Å². The fourth-order valence-electron chi connectivity index (χ4n) is 4.32. The van der Waals surface area contributed by atoms with Crippen molar-refractivity contribution in [2.45, 2.75) is 32.6 Å². The molecule has 3 aliphatic rings. The number of nitrogens with zero attached hydrogens (tertiary/aromatic N) is 2. The van der Waals surface area contributed by atoms with Gasteiger partial charge in [0.05, 0.1) is 12.4 Å². The lowest BCUT2D eigenvalue weighted by atomic mass is 9.78. The van der Waals surface area contributed by atoms with Crippen LogP contribution in [0, 0.1) is 17.3 Å². The molecule has 1 spiro atoms. The van der Waals surface area contributed by atoms with Gasteiger partial charge < -0.3 is 9.64 Å². The van der Waals surface area contributed by atoms with Gasteiger partial charge in [-0.2, -0.15) is 0 Å². The average molecular weight is 330 g/mol. The van der Waals surface area contributed by atoms with Crippen LogP contribution in [0.2, 0.25) is 0 Å². The molecule has 0 aromatic carbocycles. The molecule has 1 aliphatic carbocycles. The van der Waals surface area contributed by atoms with Crippen LogP contribution in [0.15, 0.2) is 0 Å². The Morgan fingerprint density at radius 2 is 2.05 bits per heavy atom. The zero-order valence-electron chi connectivity index (χ0n) is 14.0. The summed E-state index contributed by atoms with van der Waals surface area (Å²) in [5.41, 5.74) is 0.117. The monoisotopic (exact) mass is 330 g/mol. The number of rotatable bonds is 7. The Kier molecular flexibility index (Phi) is 4.84. The minimum Gasteiger partial charge on any atom is -0.384 e. The maximum Gasteiger partial charge on any atom is 0.214 e. The normalized spacial score (nSPS) is 34.0. The van der Waals surface area contributed by atoms with Crippen LogP contribution in [0.25, 0.3) is 0 Å². The Hall–Kier alpha value is -0.170. The number of methoxy groups -OCH3 is 1. The predicted molar refractivity (Wildman–Crippen MR) is 87.2 cm³/mol. The van der Waals surface area contributed by atoms with Crippen molar-refractivity contribution in [3.05, 3.63) is 0 Å². The molecule has 128 valence electrons. The molecule has 5 nitrogen and oxygen atoms in total. The number of hydrogen-bond donors (Lipinski definition) is 0. The maximum absolute atomic E-state index is 12.4. The Balaban J connectivity index is 1.70. The van der Waals surface area contributed by atoms with Gasteiger partial charge in [0.25, 0.3) is 0 Å². The highest BCUT2D eigenvalue weighted by Gasteiger charge is 2.52. The summed E-state index contributed by atoms with van der Waals surface area (Å²) in [6.07, 6.45) is 4.43. The van der Waals surface area contributed by atoms with Crippen molar-refractivity contribution in [2.75, 3.05) is 52.2 Å². The van der Waals surface area contributed by atoms with Crippen LogP contribution in [0.5, 0.6) is 0 Å². The van der Waals surface area contributed by atoms with Gasteiger partial charge in [0.2, 0.25) is 10.0 Å². The summed E-state index contributed by atoms with van der Waals surface area (Å²) in [5, 5.41) is 0. The quantitative estimate of drug-likeness (QED) is 0.708. The van der Waals surface area contributed by atoms with Crippen LogP contribution in [0.1, 0.15) is 32.6 Å². The fraction of sp³-hybridized carbons (Fsp3) is 1.00. The topological polar surface area (TPSA) is 49.9 Å². The van der Waals surface area contributed by atoms with E-state index in [1.807, 2.05) is 6.92 Å². The van der Waals surface area contributed by atoms with Crippen LogP contribution in [-0.4, -0.2) is 69.8 Å². The number of hydrogen-bond acceptors (Lipinski definition) is 4. The lowest BCUT2D eigenvalue weighted by molar-refractivity contribution is 0.101. The highest BCUT2D eigenvalue weighted by Crippen LogP contribution is 2.46. The molecule has 0 bridgehead atoms.